The lowest BCUT2D eigenvalue weighted by Gasteiger charge is -2.34. The molecule has 1 aliphatic carbocycles. The molecule has 0 bridgehead atoms. The maximum Gasteiger partial charge on any atom is 0.0576 e. The van der Waals surface area contributed by atoms with Crippen LogP contribution in [0.5, 0.6) is 0 Å². The molecule has 4 atom stereocenters. The fourth-order valence-electron chi connectivity index (χ4n) is 3.57. The summed E-state index contributed by atoms with van der Waals surface area (Å²) in [6, 6.07) is 0.474. The molecule has 0 radical (unpaired) electrons. The van der Waals surface area contributed by atoms with Crippen LogP contribution in [0.15, 0.2) is 0 Å². The highest BCUT2D eigenvalue weighted by atomic mass is 16.5. The average Bonchev–Trinajstić information content (AvgIpc) is 2.84. The molecule has 0 aromatic carbocycles. The Morgan fingerprint density at radius 1 is 1.18 bits per heavy atom. The highest BCUT2D eigenvalue weighted by Crippen LogP contribution is 2.33. The first-order valence-corrected chi connectivity index (χ1v) is 7.66. The molecule has 17 heavy (non-hydrogen) atoms. The summed E-state index contributed by atoms with van der Waals surface area (Å²) in [7, 11) is 0. The third-order valence-corrected chi connectivity index (χ3v) is 4.85. The van der Waals surface area contributed by atoms with Gasteiger partial charge in [-0.3, -0.25) is 0 Å². The van der Waals surface area contributed by atoms with Crippen LogP contribution in [0.25, 0.3) is 0 Å². The zero-order valence-electron chi connectivity index (χ0n) is 11.4. The molecule has 1 aliphatic heterocycles. The van der Waals surface area contributed by atoms with Gasteiger partial charge in [-0.15, -0.1) is 0 Å². The predicted octanol–water partition coefficient (Wildman–Crippen LogP) is 3.49. The van der Waals surface area contributed by atoms with Crippen LogP contribution < -0.4 is 5.73 Å². The molecule has 2 rings (SSSR count). The van der Waals surface area contributed by atoms with Gasteiger partial charge >= 0.3 is 0 Å². The van der Waals surface area contributed by atoms with Crippen molar-refractivity contribution in [2.24, 2.45) is 17.6 Å². The Morgan fingerprint density at radius 3 is 2.76 bits per heavy atom. The first-order valence-electron chi connectivity index (χ1n) is 7.66. The number of hydrogen-bond donors (Lipinski definition) is 1. The van der Waals surface area contributed by atoms with Crippen LogP contribution in [-0.2, 0) is 4.74 Å². The van der Waals surface area contributed by atoms with Gasteiger partial charge in [0.25, 0.3) is 0 Å². The molecule has 2 aliphatic rings. The first-order chi connectivity index (χ1) is 8.29. The van der Waals surface area contributed by atoms with E-state index in [0.717, 1.165) is 18.4 Å². The van der Waals surface area contributed by atoms with Crippen LogP contribution in [0, 0.1) is 11.8 Å². The number of hydrogen-bond acceptors (Lipinski definition) is 2. The van der Waals surface area contributed by atoms with Crippen LogP contribution in [0.3, 0.4) is 0 Å². The maximum absolute atomic E-state index is 6.26. The van der Waals surface area contributed by atoms with Gasteiger partial charge in [-0.05, 0) is 56.8 Å². The summed E-state index contributed by atoms with van der Waals surface area (Å²) in [5.74, 6) is 1.73. The summed E-state index contributed by atoms with van der Waals surface area (Å²) in [6.07, 6.45) is 12.4. The molecule has 1 saturated carbocycles. The minimum absolute atomic E-state index is 0.474. The Hall–Kier alpha value is -0.0800. The molecule has 1 saturated heterocycles. The van der Waals surface area contributed by atoms with Gasteiger partial charge in [0, 0.05) is 12.6 Å². The van der Waals surface area contributed by atoms with Gasteiger partial charge in [-0.2, -0.15) is 0 Å². The average molecular weight is 239 g/mol. The predicted molar refractivity (Wildman–Crippen MR) is 71.9 cm³/mol. The zero-order valence-corrected chi connectivity index (χ0v) is 11.4. The SMILES string of the molecule is CCC1CCC(N)C(CCCC2CCCO2)C1. The largest absolute Gasteiger partial charge is 0.378 e. The van der Waals surface area contributed by atoms with E-state index in [1.54, 1.807) is 0 Å². The quantitative estimate of drug-likeness (QED) is 0.797. The second-order valence-corrected chi connectivity index (χ2v) is 6.08. The lowest BCUT2D eigenvalue weighted by Crippen LogP contribution is -2.36. The molecule has 4 unspecified atom stereocenters. The van der Waals surface area contributed by atoms with Gasteiger partial charge in [0.2, 0.25) is 0 Å². The Kier molecular flexibility index (Phi) is 5.30. The van der Waals surface area contributed by atoms with E-state index >= 15 is 0 Å². The molecule has 100 valence electrons. The minimum Gasteiger partial charge on any atom is -0.378 e. The van der Waals surface area contributed by atoms with E-state index in [4.69, 9.17) is 10.5 Å². The second-order valence-electron chi connectivity index (χ2n) is 6.08. The van der Waals surface area contributed by atoms with Gasteiger partial charge < -0.3 is 10.5 Å². The molecular weight excluding hydrogens is 210 g/mol. The third-order valence-electron chi connectivity index (χ3n) is 4.85. The van der Waals surface area contributed by atoms with E-state index in [1.165, 1.54) is 57.8 Å². The number of ether oxygens (including phenoxy) is 1. The van der Waals surface area contributed by atoms with Crippen molar-refractivity contribution in [1.29, 1.82) is 0 Å². The van der Waals surface area contributed by atoms with Crippen LogP contribution in [0.2, 0.25) is 0 Å². The highest BCUT2D eigenvalue weighted by molar-refractivity contribution is 4.82. The molecule has 0 spiro atoms. The molecule has 0 aromatic heterocycles. The standard InChI is InChI=1S/C15H29NO/c1-2-12-8-9-15(16)13(11-12)5-3-6-14-7-4-10-17-14/h12-15H,2-11,16H2,1H3. The highest BCUT2D eigenvalue weighted by Gasteiger charge is 2.27. The summed E-state index contributed by atoms with van der Waals surface area (Å²) < 4.78 is 5.68. The van der Waals surface area contributed by atoms with Gasteiger partial charge in [-0.25, -0.2) is 0 Å². The van der Waals surface area contributed by atoms with Gasteiger partial charge in [0.05, 0.1) is 6.10 Å². The van der Waals surface area contributed by atoms with Crippen molar-refractivity contribution in [1.82, 2.24) is 0 Å². The van der Waals surface area contributed by atoms with Crippen molar-refractivity contribution in [3.8, 4) is 0 Å². The third kappa shape index (κ3) is 3.96. The molecule has 1 heterocycles. The summed E-state index contributed by atoms with van der Waals surface area (Å²) in [5, 5.41) is 0. The molecule has 2 nitrogen and oxygen atoms in total. The van der Waals surface area contributed by atoms with Crippen LogP contribution in [0.4, 0.5) is 0 Å². The Bertz CT molecular complexity index is 213. The van der Waals surface area contributed by atoms with E-state index < -0.39 is 0 Å². The van der Waals surface area contributed by atoms with Crippen molar-refractivity contribution in [2.45, 2.75) is 76.9 Å². The Balaban J connectivity index is 1.65. The number of nitrogens with two attached hydrogens (primary N) is 1. The van der Waals surface area contributed by atoms with E-state index in [-0.39, 0.29) is 0 Å². The fraction of sp³-hybridized carbons (Fsp3) is 1.00. The van der Waals surface area contributed by atoms with E-state index in [2.05, 4.69) is 6.92 Å². The monoisotopic (exact) mass is 239 g/mol. The lowest BCUT2D eigenvalue weighted by atomic mass is 9.75. The summed E-state index contributed by atoms with van der Waals surface area (Å²) in [6.45, 7) is 3.32. The van der Waals surface area contributed by atoms with Crippen LogP contribution >= 0.6 is 0 Å². The van der Waals surface area contributed by atoms with Crippen molar-refractivity contribution in [3.63, 3.8) is 0 Å². The summed E-state index contributed by atoms with van der Waals surface area (Å²) in [5.41, 5.74) is 6.26. The van der Waals surface area contributed by atoms with Crippen molar-refractivity contribution >= 4 is 0 Å². The maximum atomic E-state index is 6.26. The van der Waals surface area contributed by atoms with E-state index in [1.807, 2.05) is 0 Å². The lowest BCUT2D eigenvalue weighted by molar-refractivity contribution is 0.0984. The zero-order chi connectivity index (χ0) is 12.1. The number of rotatable bonds is 5. The van der Waals surface area contributed by atoms with E-state index in [9.17, 15) is 0 Å². The Labute approximate surface area is 106 Å². The molecule has 2 N–H and O–H groups in total. The molecule has 2 fully saturated rings. The summed E-state index contributed by atoms with van der Waals surface area (Å²) >= 11 is 0. The molecule has 0 aromatic rings. The smallest absolute Gasteiger partial charge is 0.0576 e. The van der Waals surface area contributed by atoms with Crippen LogP contribution in [0.1, 0.15) is 64.7 Å². The Morgan fingerprint density at radius 2 is 2.06 bits per heavy atom. The van der Waals surface area contributed by atoms with Gasteiger partial charge in [-0.1, -0.05) is 19.8 Å². The van der Waals surface area contributed by atoms with Gasteiger partial charge in [0.15, 0.2) is 0 Å². The summed E-state index contributed by atoms with van der Waals surface area (Å²) in [4.78, 5) is 0. The second kappa shape index (κ2) is 6.75. The fourth-order valence-corrected chi connectivity index (χ4v) is 3.57. The first kappa shape index (κ1) is 13.4. The van der Waals surface area contributed by atoms with Gasteiger partial charge in [0.1, 0.15) is 0 Å². The van der Waals surface area contributed by atoms with E-state index in [0.29, 0.717) is 12.1 Å². The topological polar surface area (TPSA) is 35.2 Å². The van der Waals surface area contributed by atoms with Crippen molar-refractivity contribution in [3.05, 3.63) is 0 Å². The molecular formula is C15H29NO. The van der Waals surface area contributed by atoms with Crippen LogP contribution in [-0.4, -0.2) is 18.8 Å². The molecule has 2 heteroatoms. The molecule has 0 amide bonds. The normalized spacial score (nSPS) is 38.5. The van der Waals surface area contributed by atoms with Crippen molar-refractivity contribution in [2.75, 3.05) is 6.61 Å². The van der Waals surface area contributed by atoms with Crippen molar-refractivity contribution < 1.29 is 4.74 Å². The minimum atomic E-state index is 0.474.